The minimum atomic E-state index is -4.65. The highest BCUT2D eigenvalue weighted by atomic mass is 19.4. The maximum absolute atomic E-state index is 12.3. The SMILES string of the molecule is COc1ccc(C(N)C(F)(F)F)cc1[N+](=O)[O-]. The molecule has 0 aliphatic rings. The summed E-state index contributed by atoms with van der Waals surface area (Å²) in [5.41, 5.74) is 4.01. The normalized spacial score (nSPS) is 13.2. The first-order valence-electron chi connectivity index (χ1n) is 4.42. The van der Waals surface area contributed by atoms with Gasteiger partial charge < -0.3 is 10.5 Å². The average molecular weight is 250 g/mol. The van der Waals surface area contributed by atoms with Gasteiger partial charge in [0.1, 0.15) is 6.04 Å². The van der Waals surface area contributed by atoms with Crippen molar-refractivity contribution in [2.75, 3.05) is 7.11 Å². The van der Waals surface area contributed by atoms with Gasteiger partial charge in [0.05, 0.1) is 12.0 Å². The molecular weight excluding hydrogens is 241 g/mol. The molecule has 0 spiro atoms. The molecule has 0 aliphatic heterocycles. The molecule has 0 aliphatic carbocycles. The Kier molecular flexibility index (Phi) is 3.56. The highest BCUT2D eigenvalue weighted by molar-refractivity contribution is 5.49. The van der Waals surface area contributed by atoms with Crippen LogP contribution in [0.1, 0.15) is 11.6 Å². The van der Waals surface area contributed by atoms with Gasteiger partial charge in [-0.25, -0.2) is 0 Å². The molecule has 0 saturated heterocycles. The number of alkyl halides is 3. The number of nitrogens with two attached hydrogens (primary N) is 1. The van der Waals surface area contributed by atoms with Crippen molar-refractivity contribution in [3.63, 3.8) is 0 Å². The molecule has 0 bridgehead atoms. The molecule has 5 nitrogen and oxygen atoms in total. The first-order valence-corrected chi connectivity index (χ1v) is 4.42. The van der Waals surface area contributed by atoms with Gasteiger partial charge in [0.2, 0.25) is 0 Å². The van der Waals surface area contributed by atoms with Crippen LogP contribution in [0, 0.1) is 10.1 Å². The van der Waals surface area contributed by atoms with Crippen molar-refractivity contribution >= 4 is 5.69 Å². The van der Waals surface area contributed by atoms with E-state index in [0.29, 0.717) is 0 Å². The van der Waals surface area contributed by atoms with Crippen molar-refractivity contribution in [2.45, 2.75) is 12.2 Å². The van der Waals surface area contributed by atoms with Gasteiger partial charge in [-0.05, 0) is 11.6 Å². The predicted molar refractivity (Wildman–Crippen MR) is 52.6 cm³/mol. The van der Waals surface area contributed by atoms with E-state index in [9.17, 15) is 23.3 Å². The second kappa shape index (κ2) is 4.58. The van der Waals surface area contributed by atoms with Crippen molar-refractivity contribution in [3.8, 4) is 5.75 Å². The fourth-order valence-corrected chi connectivity index (χ4v) is 1.23. The van der Waals surface area contributed by atoms with Crippen LogP contribution in [-0.4, -0.2) is 18.2 Å². The Hall–Kier alpha value is -1.83. The number of benzene rings is 1. The zero-order chi connectivity index (χ0) is 13.2. The van der Waals surface area contributed by atoms with Gasteiger partial charge >= 0.3 is 11.9 Å². The summed E-state index contributed by atoms with van der Waals surface area (Å²) < 4.78 is 41.6. The fraction of sp³-hybridized carbons (Fsp3) is 0.333. The first-order chi connectivity index (χ1) is 7.77. The fourth-order valence-electron chi connectivity index (χ4n) is 1.23. The maximum atomic E-state index is 12.3. The number of rotatable bonds is 3. The monoisotopic (exact) mass is 250 g/mol. The summed E-state index contributed by atoms with van der Waals surface area (Å²) >= 11 is 0. The number of ether oxygens (including phenoxy) is 1. The molecule has 2 N–H and O–H groups in total. The van der Waals surface area contributed by atoms with Gasteiger partial charge in [-0.15, -0.1) is 0 Å². The van der Waals surface area contributed by atoms with Crippen LogP contribution < -0.4 is 10.5 Å². The van der Waals surface area contributed by atoms with E-state index in [1.165, 1.54) is 7.11 Å². The van der Waals surface area contributed by atoms with Crippen molar-refractivity contribution in [2.24, 2.45) is 5.73 Å². The lowest BCUT2D eigenvalue weighted by Gasteiger charge is -2.16. The molecule has 17 heavy (non-hydrogen) atoms. The van der Waals surface area contributed by atoms with Gasteiger partial charge in [0, 0.05) is 6.07 Å². The molecular formula is C9H9F3N2O3. The number of nitrogens with zero attached hydrogens (tertiary/aromatic N) is 1. The van der Waals surface area contributed by atoms with E-state index in [4.69, 9.17) is 5.73 Å². The Labute approximate surface area is 94.1 Å². The topological polar surface area (TPSA) is 78.4 Å². The summed E-state index contributed by atoms with van der Waals surface area (Å²) in [6.45, 7) is 0. The molecule has 0 heterocycles. The molecule has 8 heteroatoms. The summed E-state index contributed by atoms with van der Waals surface area (Å²) in [5, 5.41) is 10.6. The number of nitro groups is 1. The Bertz CT molecular complexity index is 434. The Morgan fingerprint density at radius 3 is 2.47 bits per heavy atom. The lowest BCUT2D eigenvalue weighted by molar-refractivity contribution is -0.385. The zero-order valence-electron chi connectivity index (χ0n) is 8.69. The lowest BCUT2D eigenvalue weighted by Crippen LogP contribution is -2.28. The standard InChI is InChI=1S/C9H9F3N2O3/c1-17-7-3-2-5(4-6(7)14(15)16)8(13)9(10,11)12/h2-4,8H,13H2,1H3. The van der Waals surface area contributed by atoms with E-state index in [0.717, 1.165) is 18.2 Å². The van der Waals surface area contributed by atoms with Crippen molar-refractivity contribution in [1.29, 1.82) is 0 Å². The highest BCUT2D eigenvalue weighted by Gasteiger charge is 2.38. The third kappa shape index (κ3) is 2.84. The third-order valence-corrected chi connectivity index (χ3v) is 2.11. The highest BCUT2D eigenvalue weighted by Crippen LogP contribution is 2.35. The van der Waals surface area contributed by atoms with Crippen LogP contribution in [0.3, 0.4) is 0 Å². The van der Waals surface area contributed by atoms with E-state index >= 15 is 0 Å². The summed E-state index contributed by atoms with van der Waals surface area (Å²) in [6, 6.07) is 0.632. The van der Waals surface area contributed by atoms with Crippen LogP contribution in [0.2, 0.25) is 0 Å². The predicted octanol–water partition coefficient (Wildman–Crippen LogP) is 2.17. The maximum Gasteiger partial charge on any atom is 0.407 e. The Morgan fingerprint density at radius 1 is 1.47 bits per heavy atom. The number of halogens is 3. The second-order valence-electron chi connectivity index (χ2n) is 3.21. The van der Waals surface area contributed by atoms with E-state index < -0.39 is 22.8 Å². The summed E-state index contributed by atoms with van der Waals surface area (Å²) in [6.07, 6.45) is -4.65. The van der Waals surface area contributed by atoms with Gasteiger partial charge in [-0.1, -0.05) is 6.07 Å². The molecule has 0 amide bonds. The molecule has 0 saturated carbocycles. The number of methoxy groups -OCH3 is 1. The van der Waals surface area contributed by atoms with E-state index in [-0.39, 0.29) is 11.3 Å². The molecule has 0 radical (unpaired) electrons. The molecule has 0 fully saturated rings. The van der Waals surface area contributed by atoms with Crippen LogP contribution in [0.5, 0.6) is 5.75 Å². The molecule has 1 aromatic rings. The van der Waals surface area contributed by atoms with Gasteiger partial charge in [-0.3, -0.25) is 10.1 Å². The van der Waals surface area contributed by atoms with Crippen LogP contribution in [0.25, 0.3) is 0 Å². The first kappa shape index (κ1) is 13.2. The molecule has 1 aromatic carbocycles. The second-order valence-corrected chi connectivity index (χ2v) is 3.21. The number of hydrogen-bond acceptors (Lipinski definition) is 4. The van der Waals surface area contributed by atoms with Crippen molar-refractivity contribution in [1.82, 2.24) is 0 Å². The molecule has 94 valence electrons. The van der Waals surface area contributed by atoms with E-state index in [2.05, 4.69) is 4.74 Å². The molecule has 1 rings (SSSR count). The van der Waals surface area contributed by atoms with Crippen molar-refractivity contribution < 1.29 is 22.8 Å². The quantitative estimate of drug-likeness (QED) is 0.658. The number of nitro benzene ring substituents is 1. The summed E-state index contributed by atoms with van der Waals surface area (Å²) in [4.78, 5) is 9.78. The van der Waals surface area contributed by atoms with Crippen LogP contribution in [0.4, 0.5) is 18.9 Å². The van der Waals surface area contributed by atoms with Gasteiger partial charge in [0.25, 0.3) is 0 Å². The third-order valence-electron chi connectivity index (χ3n) is 2.11. The van der Waals surface area contributed by atoms with Crippen molar-refractivity contribution in [3.05, 3.63) is 33.9 Å². The van der Waals surface area contributed by atoms with Crippen LogP contribution in [-0.2, 0) is 0 Å². The van der Waals surface area contributed by atoms with E-state index in [1.54, 1.807) is 0 Å². The minimum Gasteiger partial charge on any atom is -0.490 e. The lowest BCUT2D eigenvalue weighted by atomic mass is 10.1. The molecule has 0 aromatic heterocycles. The van der Waals surface area contributed by atoms with Gasteiger partial charge in [-0.2, -0.15) is 13.2 Å². The summed E-state index contributed by atoms with van der Waals surface area (Å²) in [7, 11) is 1.19. The molecule has 1 atom stereocenters. The minimum absolute atomic E-state index is 0.117. The Balaban J connectivity index is 3.21. The van der Waals surface area contributed by atoms with Gasteiger partial charge in [0.15, 0.2) is 5.75 Å². The largest absolute Gasteiger partial charge is 0.490 e. The Morgan fingerprint density at radius 2 is 2.06 bits per heavy atom. The summed E-state index contributed by atoms with van der Waals surface area (Å²) in [5.74, 6) is -0.117. The smallest absolute Gasteiger partial charge is 0.407 e. The van der Waals surface area contributed by atoms with Crippen LogP contribution in [0.15, 0.2) is 18.2 Å². The molecule has 1 unspecified atom stereocenters. The van der Waals surface area contributed by atoms with Crippen LogP contribution >= 0.6 is 0 Å². The average Bonchev–Trinajstić information content (AvgIpc) is 2.25. The number of hydrogen-bond donors (Lipinski definition) is 1. The van der Waals surface area contributed by atoms with E-state index in [1.807, 2.05) is 0 Å². The zero-order valence-corrected chi connectivity index (χ0v) is 8.69.